The number of carbonyl (C=O) groups is 2. The van der Waals surface area contributed by atoms with Gasteiger partial charge in [-0.25, -0.2) is 4.79 Å². The van der Waals surface area contributed by atoms with Gasteiger partial charge in [0.1, 0.15) is 0 Å². The third-order valence-electron chi connectivity index (χ3n) is 3.09. The summed E-state index contributed by atoms with van der Waals surface area (Å²) < 4.78 is 0. The molecule has 3 N–H and O–H groups in total. The first kappa shape index (κ1) is 15.9. The van der Waals surface area contributed by atoms with Crippen molar-refractivity contribution in [1.82, 2.24) is 16.0 Å². The smallest absolute Gasteiger partial charge is 0.321 e. The lowest BCUT2D eigenvalue weighted by Gasteiger charge is -2.31. The summed E-state index contributed by atoms with van der Waals surface area (Å²) in [6, 6.07) is -0.830. The predicted molar refractivity (Wildman–Crippen MR) is 68.8 cm³/mol. The van der Waals surface area contributed by atoms with E-state index in [1.165, 1.54) is 0 Å². The minimum Gasteiger partial charge on any atom is -0.338 e. The zero-order valence-electron chi connectivity index (χ0n) is 11.5. The van der Waals surface area contributed by atoms with Crippen molar-refractivity contribution < 1.29 is 9.59 Å². The van der Waals surface area contributed by atoms with Gasteiger partial charge in [0, 0.05) is 12.1 Å². The van der Waals surface area contributed by atoms with E-state index >= 15 is 0 Å². The van der Waals surface area contributed by atoms with Crippen molar-refractivity contribution in [2.24, 2.45) is 0 Å². The van der Waals surface area contributed by atoms with E-state index in [4.69, 9.17) is 0 Å². The van der Waals surface area contributed by atoms with Crippen LogP contribution >= 0.6 is 0 Å². The van der Waals surface area contributed by atoms with Crippen molar-refractivity contribution in [2.75, 3.05) is 6.54 Å². The fourth-order valence-electron chi connectivity index (χ4n) is 1.47. The number of amides is 3. The van der Waals surface area contributed by atoms with Crippen molar-refractivity contribution in [2.45, 2.75) is 59.0 Å². The number of urea groups is 1. The van der Waals surface area contributed by atoms with E-state index in [9.17, 15) is 9.59 Å². The summed E-state index contributed by atoms with van der Waals surface area (Å²) in [5.41, 5.74) is -0.0714. The van der Waals surface area contributed by atoms with Crippen molar-refractivity contribution in [3.8, 4) is 0 Å². The molecule has 17 heavy (non-hydrogen) atoms. The Balaban J connectivity index is 4.27. The van der Waals surface area contributed by atoms with Gasteiger partial charge in [0.05, 0.1) is 6.04 Å². The molecule has 1 atom stereocenters. The lowest BCUT2D eigenvalue weighted by molar-refractivity contribution is -0.122. The molecule has 100 valence electrons. The Bertz CT molecular complexity index is 262. The highest BCUT2D eigenvalue weighted by molar-refractivity contribution is 5.96. The highest BCUT2D eigenvalue weighted by Gasteiger charge is 2.25. The Morgan fingerprint density at radius 3 is 2.12 bits per heavy atom. The zero-order valence-corrected chi connectivity index (χ0v) is 11.5. The quantitative estimate of drug-likeness (QED) is 0.660. The Morgan fingerprint density at radius 2 is 1.71 bits per heavy atom. The standard InChI is InChI=1S/C12H25N3O2/c1-6-12(5,7-2)15-9(4)10(16)14-11(17)13-8-3/h9,15H,6-8H2,1-5H3,(H2,13,14,16,17). The van der Waals surface area contributed by atoms with Gasteiger partial charge in [0.15, 0.2) is 0 Å². The maximum absolute atomic E-state index is 11.7. The van der Waals surface area contributed by atoms with Crippen LogP contribution in [0.1, 0.15) is 47.5 Å². The zero-order chi connectivity index (χ0) is 13.5. The molecule has 1 unspecified atom stereocenters. The van der Waals surface area contributed by atoms with Crippen LogP contribution in [0.5, 0.6) is 0 Å². The topological polar surface area (TPSA) is 70.2 Å². The van der Waals surface area contributed by atoms with Crippen molar-refractivity contribution in [3.63, 3.8) is 0 Å². The van der Waals surface area contributed by atoms with Crippen LogP contribution < -0.4 is 16.0 Å². The molecule has 5 nitrogen and oxygen atoms in total. The maximum Gasteiger partial charge on any atom is 0.321 e. The van der Waals surface area contributed by atoms with Crippen molar-refractivity contribution >= 4 is 11.9 Å². The van der Waals surface area contributed by atoms with Crippen LogP contribution in [0.2, 0.25) is 0 Å². The van der Waals surface area contributed by atoms with Crippen LogP contribution in [0.15, 0.2) is 0 Å². The third kappa shape index (κ3) is 5.68. The first-order valence-corrected chi connectivity index (χ1v) is 6.24. The van der Waals surface area contributed by atoms with Crippen molar-refractivity contribution in [3.05, 3.63) is 0 Å². The van der Waals surface area contributed by atoms with Gasteiger partial charge in [-0.15, -0.1) is 0 Å². The van der Waals surface area contributed by atoms with Gasteiger partial charge in [-0.3, -0.25) is 10.1 Å². The van der Waals surface area contributed by atoms with E-state index in [-0.39, 0.29) is 17.5 Å². The number of nitrogens with one attached hydrogen (secondary N) is 3. The van der Waals surface area contributed by atoms with Gasteiger partial charge < -0.3 is 10.6 Å². The molecular formula is C12H25N3O2. The van der Waals surface area contributed by atoms with Crippen LogP contribution in [0.4, 0.5) is 4.79 Å². The van der Waals surface area contributed by atoms with Crippen LogP contribution in [-0.4, -0.2) is 30.1 Å². The average Bonchev–Trinajstić information content (AvgIpc) is 2.28. The molecule has 5 heteroatoms. The summed E-state index contributed by atoms with van der Waals surface area (Å²) in [4.78, 5) is 22.9. The molecule has 0 heterocycles. The largest absolute Gasteiger partial charge is 0.338 e. The molecule has 0 rings (SSSR count). The molecule has 0 aromatic carbocycles. The minimum absolute atomic E-state index is 0.0714. The van der Waals surface area contributed by atoms with Crippen LogP contribution in [0, 0.1) is 0 Å². The molecular weight excluding hydrogens is 218 g/mol. The summed E-state index contributed by atoms with van der Waals surface area (Å²) in [5, 5.41) is 8.07. The molecule has 0 aliphatic heterocycles. The molecule has 0 aliphatic rings. The number of rotatable bonds is 6. The molecule has 0 radical (unpaired) electrons. The van der Waals surface area contributed by atoms with Crippen molar-refractivity contribution in [1.29, 1.82) is 0 Å². The van der Waals surface area contributed by atoms with Gasteiger partial charge in [-0.1, -0.05) is 13.8 Å². The van der Waals surface area contributed by atoms with E-state index in [2.05, 4.69) is 36.7 Å². The summed E-state index contributed by atoms with van der Waals surface area (Å²) >= 11 is 0. The minimum atomic E-state index is -0.444. The number of hydrogen-bond acceptors (Lipinski definition) is 3. The third-order valence-corrected chi connectivity index (χ3v) is 3.09. The summed E-state index contributed by atoms with van der Waals surface area (Å²) in [7, 11) is 0. The number of imide groups is 1. The summed E-state index contributed by atoms with van der Waals surface area (Å²) in [6.07, 6.45) is 1.87. The second-order valence-corrected chi connectivity index (χ2v) is 4.48. The van der Waals surface area contributed by atoms with E-state index in [1.54, 1.807) is 13.8 Å². The highest BCUT2D eigenvalue weighted by atomic mass is 16.2. The van der Waals surface area contributed by atoms with E-state index < -0.39 is 6.03 Å². The SMILES string of the molecule is CCNC(=O)NC(=O)C(C)NC(C)(CC)CC. The van der Waals surface area contributed by atoms with Crippen LogP contribution in [0.25, 0.3) is 0 Å². The highest BCUT2D eigenvalue weighted by Crippen LogP contribution is 2.14. The first-order chi connectivity index (χ1) is 7.88. The Kier molecular flexibility index (Phi) is 6.80. The molecule has 0 saturated carbocycles. The Hall–Kier alpha value is -1.10. The lowest BCUT2D eigenvalue weighted by atomic mass is 9.94. The molecule has 0 saturated heterocycles. The molecule has 0 spiro atoms. The normalized spacial score (nSPS) is 13.0. The number of hydrogen-bond donors (Lipinski definition) is 3. The molecule has 0 bridgehead atoms. The predicted octanol–water partition coefficient (Wildman–Crippen LogP) is 1.39. The van der Waals surface area contributed by atoms with Gasteiger partial charge in [-0.05, 0) is 33.6 Å². The van der Waals surface area contributed by atoms with Crippen LogP contribution in [-0.2, 0) is 4.79 Å². The van der Waals surface area contributed by atoms with Crippen LogP contribution in [0.3, 0.4) is 0 Å². The monoisotopic (exact) mass is 243 g/mol. The fourth-order valence-corrected chi connectivity index (χ4v) is 1.47. The van der Waals surface area contributed by atoms with Gasteiger partial charge >= 0.3 is 6.03 Å². The molecule has 0 fully saturated rings. The molecule has 0 aliphatic carbocycles. The maximum atomic E-state index is 11.7. The van der Waals surface area contributed by atoms with Gasteiger partial charge in [-0.2, -0.15) is 0 Å². The van der Waals surface area contributed by atoms with Gasteiger partial charge in [0.25, 0.3) is 0 Å². The second-order valence-electron chi connectivity index (χ2n) is 4.48. The Morgan fingerprint density at radius 1 is 1.18 bits per heavy atom. The lowest BCUT2D eigenvalue weighted by Crippen LogP contribution is -2.54. The molecule has 0 aromatic rings. The first-order valence-electron chi connectivity index (χ1n) is 6.24. The summed E-state index contributed by atoms with van der Waals surface area (Å²) in [6.45, 7) is 10.3. The average molecular weight is 243 g/mol. The summed E-state index contributed by atoms with van der Waals surface area (Å²) in [5.74, 6) is -0.302. The fraction of sp³-hybridized carbons (Fsp3) is 0.833. The molecule has 3 amide bonds. The van der Waals surface area contributed by atoms with E-state index in [1.807, 2.05) is 0 Å². The van der Waals surface area contributed by atoms with E-state index in [0.717, 1.165) is 12.8 Å². The Labute approximate surface area is 104 Å². The molecule has 0 aromatic heterocycles. The second kappa shape index (κ2) is 7.27. The number of carbonyl (C=O) groups excluding carboxylic acids is 2. The van der Waals surface area contributed by atoms with E-state index in [0.29, 0.717) is 6.54 Å². The van der Waals surface area contributed by atoms with Gasteiger partial charge in [0.2, 0.25) is 5.91 Å².